The van der Waals surface area contributed by atoms with Gasteiger partial charge in [-0.25, -0.2) is 4.79 Å². The Balaban J connectivity index is 2.10. The highest BCUT2D eigenvalue weighted by Crippen LogP contribution is 2.19. The van der Waals surface area contributed by atoms with Crippen LogP contribution in [0.3, 0.4) is 0 Å². The van der Waals surface area contributed by atoms with Crippen LogP contribution in [0.2, 0.25) is 0 Å². The molecular formula is C26H33NO6. The molecule has 0 aromatic heterocycles. The van der Waals surface area contributed by atoms with Gasteiger partial charge in [0.1, 0.15) is 12.6 Å². The molecule has 1 amide bonds. The number of alkyl carbamates (subject to hydrolysis) is 1. The van der Waals surface area contributed by atoms with Crippen LogP contribution in [0.4, 0.5) is 4.79 Å². The van der Waals surface area contributed by atoms with Crippen LogP contribution in [0, 0.1) is 5.92 Å². The molecule has 0 aliphatic carbocycles. The lowest BCUT2D eigenvalue weighted by Gasteiger charge is -2.31. The van der Waals surface area contributed by atoms with Crippen molar-refractivity contribution in [3.05, 3.63) is 71.8 Å². The van der Waals surface area contributed by atoms with Crippen molar-refractivity contribution in [1.29, 1.82) is 0 Å². The van der Waals surface area contributed by atoms with Crippen molar-refractivity contribution in [1.82, 2.24) is 5.32 Å². The van der Waals surface area contributed by atoms with E-state index in [1.54, 1.807) is 6.92 Å². The van der Waals surface area contributed by atoms with Crippen molar-refractivity contribution in [2.24, 2.45) is 5.92 Å². The second-order valence-electron chi connectivity index (χ2n) is 9.01. The molecule has 33 heavy (non-hydrogen) atoms. The fraction of sp³-hybridized carbons (Fsp3) is 0.423. The van der Waals surface area contributed by atoms with Gasteiger partial charge in [0, 0.05) is 6.42 Å². The van der Waals surface area contributed by atoms with Crippen LogP contribution in [-0.4, -0.2) is 40.7 Å². The lowest BCUT2D eigenvalue weighted by molar-refractivity contribution is -0.145. The van der Waals surface area contributed by atoms with Crippen LogP contribution in [0.1, 0.15) is 45.2 Å². The molecule has 0 radical (unpaired) electrons. The van der Waals surface area contributed by atoms with Gasteiger partial charge >= 0.3 is 12.1 Å². The first kappa shape index (κ1) is 26.1. The van der Waals surface area contributed by atoms with Gasteiger partial charge in [-0.2, -0.15) is 0 Å². The predicted octanol–water partition coefficient (Wildman–Crippen LogP) is 4.39. The van der Waals surface area contributed by atoms with E-state index in [1.165, 1.54) is 0 Å². The van der Waals surface area contributed by atoms with E-state index in [-0.39, 0.29) is 19.4 Å². The quantitative estimate of drug-likeness (QED) is 0.521. The highest BCUT2D eigenvalue weighted by Gasteiger charge is 2.33. The molecule has 0 heterocycles. The minimum absolute atomic E-state index is 0.0495. The number of ketones is 1. The summed E-state index contributed by atoms with van der Waals surface area (Å²) >= 11 is 0. The van der Waals surface area contributed by atoms with Crippen molar-refractivity contribution in [2.75, 3.05) is 0 Å². The van der Waals surface area contributed by atoms with Gasteiger partial charge in [0.05, 0.1) is 17.6 Å². The normalized spacial score (nSPS) is 14.1. The highest BCUT2D eigenvalue weighted by atomic mass is 16.5. The summed E-state index contributed by atoms with van der Waals surface area (Å²) in [5.41, 5.74) is 1.07. The number of carboxylic acids is 1. The summed E-state index contributed by atoms with van der Waals surface area (Å²) in [6.45, 7) is 7.25. The van der Waals surface area contributed by atoms with Gasteiger partial charge in [-0.05, 0) is 45.2 Å². The molecule has 1 unspecified atom stereocenters. The van der Waals surface area contributed by atoms with E-state index in [0.717, 1.165) is 11.1 Å². The number of benzene rings is 2. The molecule has 2 rings (SSSR count). The van der Waals surface area contributed by atoms with E-state index in [1.807, 2.05) is 81.4 Å². The molecule has 7 heteroatoms. The molecule has 2 N–H and O–H groups in total. The average molecular weight is 456 g/mol. The third kappa shape index (κ3) is 9.45. The third-order valence-corrected chi connectivity index (χ3v) is 4.96. The largest absolute Gasteiger partial charge is 0.481 e. The molecular weight excluding hydrogens is 422 g/mol. The van der Waals surface area contributed by atoms with Gasteiger partial charge < -0.3 is 19.9 Å². The van der Waals surface area contributed by atoms with Crippen LogP contribution in [0.25, 0.3) is 0 Å². The van der Waals surface area contributed by atoms with Crippen LogP contribution >= 0.6 is 0 Å². The Morgan fingerprint density at radius 3 is 2.00 bits per heavy atom. The number of aliphatic carboxylic acids is 1. The fourth-order valence-electron chi connectivity index (χ4n) is 3.49. The number of carbonyl (C=O) groups excluding carboxylic acids is 2. The Hall–Kier alpha value is -3.19. The lowest BCUT2D eigenvalue weighted by Crippen LogP contribution is -2.51. The number of rotatable bonds is 11. The van der Waals surface area contributed by atoms with Crippen molar-refractivity contribution >= 4 is 17.8 Å². The zero-order valence-corrected chi connectivity index (χ0v) is 19.6. The Morgan fingerprint density at radius 2 is 1.48 bits per heavy atom. The molecule has 0 saturated carbocycles. The maximum absolute atomic E-state index is 13.2. The molecule has 0 aliphatic rings. The summed E-state index contributed by atoms with van der Waals surface area (Å²) in [5, 5.41) is 12.3. The second kappa shape index (κ2) is 12.2. The van der Waals surface area contributed by atoms with Crippen LogP contribution in [0.15, 0.2) is 60.7 Å². The van der Waals surface area contributed by atoms with E-state index in [4.69, 9.17) is 9.47 Å². The standard InChI is InChI=1S/C26H33NO6/c1-18(33-26(2,3)4)23(27-25(31)32-17-20-13-9-6-10-14-20)22(28)16-21(24(29)30)15-19-11-7-5-8-12-19/h5-14,18,21,23H,15-17H2,1-4H3,(H,27,31)(H,29,30)/t18?,21-,23+/m1/s1. The predicted molar refractivity (Wildman–Crippen MR) is 125 cm³/mol. The molecule has 7 nitrogen and oxygen atoms in total. The summed E-state index contributed by atoms with van der Waals surface area (Å²) in [4.78, 5) is 37.5. The van der Waals surface area contributed by atoms with E-state index < -0.39 is 41.5 Å². The van der Waals surface area contributed by atoms with Crippen molar-refractivity contribution in [2.45, 2.75) is 64.9 Å². The molecule has 0 aliphatic heterocycles. The summed E-state index contributed by atoms with van der Waals surface area (Å²) in [6.07, 6.45) is -1.49. The summed E-state index contributed by atoms with van der Waals surface area (Å²) in [6, 6.07) is 17.3. The van der Waals surface area contributed by atoms with Gasteiger partial charge in [-0.1, -0.05) is 60.7 Å². The summed E-state index contributed by atoms with van der Waals surface area (Å²) in [7, 11) is 0. The van der Waals surface area contributed by atoms with Crippen LogP contribution in [0.5, 0.6) is 0 Å². The number of Topliss-reactive ketones (excluding diaryl/α,β-unsaturated/α-hetero) is 1. The lowest BCUT2D eigenvalue weighted by atomic mass is 9.91. The van der Waals surface area contributed by atoms with Crippen molar-refractivity contribution < 1.29 is 29.0 Å². The SMILES string of the molecule is CC(OC(C)(C)C)[C@H](NC(=O)OCc1ccccc1)C(=O)C[C@@H](Cc1ccccc1)C(=O)O. The van der Waals surface area contributed by atoms with Crippen molar-refractivity contribution in [3.63, 3.8) is 0 Å². The first-order valence-electron chi connectivity index (χ1n) is 11.0. The van der Waals surface area contributed by atoms with E-state index in [0.29, 0.717) is 0 Å². The average Bonchev–Trinajstić information content (AvgIpc) is 2.75. The molecule has 0 spiro atoms. The minimum Gasteiger partial charge on any atom is -0.481 e. The van der Waals surface area contributed by atoms with Gasteiger partial charge in [0.25, 0.3) is 0 Å². The van der Waals surface area contributed by atoms with E-state index in [2.05, 4.69) is 5.32 Å². The molecule has 2 aromatic rings. The number of ether oxygens (including phenoxy) is 2. The van der Waals surface area contributed by atoms with Gasteiger partial charge in [-0.3, -0.25) is 9.59 Å². The zero-order chi connectivity index (χ0) is 24.4. The maximum atomic E-state index is 13.2. The summed E-state index contributed by atoms with van der Waals surface area (Å²) in [5.74, 6) is -2.42. The van der Waals surface area contributed by atoms with E-state index >= 15 is 0 Å². The Morgan fingerprint density at radius 1 is 0.939 bits per heavy atom. The number of amides is 1. The first-order valence-corrected chi connectivity index (χ1v) is 11.0. The number of hydrogen-bond acceptors (Lipinski definition) is 5. The molecule has 0 bridgehead atoms. The Kier molecular flexibility index (Phi) is 9.60. The molecule has 3 atom stereocenters. The van der Waals surface area contributed by atoms with Crippen LogP contribution in [-0.2, 0) is 32.1 Å². The van der Waals surface area contributed by atoms with E-state index in [9.17, 15) is 19.5 Å². The molecule has 0 fully saturated rings. The topological polar surface area (TPSA) is 102 Å². The maximum Gasteiger partial charge on any atom is 0.408 e. The number of carboxylic acid groups (broad SMARTS) is 1. The third-order valence-electron chi connectivity index (χ3n) is 4.96. The fourth-order valence-corrected chi connectivity index (χ4v) is 3.49. The number of carbonyl (C=O) groups is 3. The Labute approximate surface area is 195 Å². The molecule has 2 aromatic carbocycles. The number of nitrogens with one attached hydrogen (secondary N) is 1. The van der Waals surface area contributed by atoms with Gasteiger partial charge in [0.2, 0.25) is 0 Å². The minimum atomic E-state index is -1.07. The zero-order valence-electron chi connectivity index (χ0n) is 19.6. The van der Waals surface area contributed by atoms with Crippen molar-refractivity contribution in [3.8, 4) is 0 Å². The van der Waals surface area contributed by atoms with Gasteiger partial charge in [0.15, 0.2) is 5.78 Å². The number of hydrogen-bond donors (Lipinski definition) is 2. The smallest absolute Gasteiger partial charge is 0.408 e. The first-order chi connectivity index (χ1) is 15.5. The monoisotopic (exact) mass is 455 g/mol. The molecule has 0 saturated heterocycles. The van der Waals surface area contributed by atoms with Crippen LogP contribution < -0.4 is 5.32 Å². The second-order valence-corrected chi connectivity index (χ2v) is 9.01. The highest BCUT2D eigenvalue weighted by molar-refractivity contribution is 5.90. The Bertz CT molecular complexity index is 907. The van der Waals surface area contributed by atoms with Gasteiger partial charge in [-0.15, -0.1) is 0 Å². The molecule has 178 valence electrons. The summed E-state index contributed by atoms with van der Waals surface area (Å²) < 4.78 is 11.2.